The molecule has 0 aliphatic carbocycles. The molecule has 0 saturated heterocycles. The van der Waals surface area contributed by atoms with Crippen molar-refractivity contribution in [2.45, 2.75) is 32.4 Å². The molecule has 2 aromatic rings. The minimum atomic E-state index is -1.10. The molecule has 3 N–H and O–H groups in total. The second-order valence-corrected chi connectivity index (χ2v) is 6.83. The van der Waals surface area contributed by atoms with Gasteiger partial charge in [0, 0.05) is 4.47 Å². The number of ether oxygens (including phenoxy) is 1. The molecule has 0 radical (unpaired) electrons. The smallest absolute Gasteiger partial charge is 0.244 e. The van der Waals surface area contributed by atoms with Crippen molar-refractivity contribution in [1.29, 1.82) is 0 Å². The van der Waals surface area contributed by atoms with Gasteiger partial charge >= 0.3 is 0 Å². The van der Waals surface area contributed by atoms with Gasteiger partial charge in [0.15, 0.2) is 0 Å². The third-order valence-corrected chi connectivity index (χ3v) is 4.46. The van der Waals surface area contributed by atoms with Gasteiger partial charge in [-0.15, -0.1) is 0 Å². The highest BCUT2D eigenvalue weighted by Gasteiger charge is 2.31. The van der Waals surface area contributed by atoms with Crippen LogP contribution >= 0.6 is 15.9 Å². The van der Waals surface area contributed by atoms with Crippen molar-refractivity contribution in [2.24, 2.45) is 5.73 Å². The van der Waals surface area contributed by atoms with Gasteiger partial charge in [-0.3, -0.25) is 4.79 Å². The van der Waals surface area contributed by atoms with Crippen molar-refractivity contribution in [1.82, 2.24) is 5.32 Å². The summed E-state index contributed by atoms with van der Waals surface area (Å²) in [5.41, 5.74) is 6.91. The van der Waals surface area contributed by atoms with E-state index in [0.717, 1.165) is 21.3 Å². The first-order chi connectivity index (χ1) is 11.3. The number of amides is 1. The van der Waals surface area contributed by atoms with Crippen LogP contribution in [-0.4, -0.2) is 12.5 Å². The largest absolute Gasteiger partial charge is 0.494 e. The number of rotatable bonds is 6. The van der Waals surface area contributed by atoms with Crippen LogP contribution in [0.2, 0.25) is 0 Å². The minimum absolute atomic E-state index is 0.170. The van der Waals surface area contributed by atoms with Gasteiger partial charge in [0.2, 0.25) is 5.91 Å². The molecule has 128 valence electrons. The molecule has 0 aliphatic rings. The summed E-state index contributed by atoms with van der Waals surface area (Å²) in [4.78, 5) is 12.7. The molecule has 0 fully saturated rings. The molecule has 0 heterocycles. The average molecular weight is 391 g/mol. The van der Waals surface area contributed by atoms with Gasteiger partial charge in [-0.1, -0.05) is 40.2 Å². The number of hydrogen-bond acceptors (Lipinski definition) is 3. The molecule has 24 heavy (non-hydrogen) atoms. The fourth-order valence-corrected chi connectivity index (χ4v) is 2.66. The second kappa shape index (κ2) is 7.81. The molecule has 0 bridgehead atoms. The van der Waals surface area contributed by atoms with Crippen LogP contribution in [0.3, 0.4) is 0 Å². The van der Waals surface area contributed by atoms with E-state index in [1.54, 1.807) is 6.92 Å². The first-order valence-electron chi connectivity index (χ1n) is 7.93. The van der Waals surface area contributed by atoms with E-state index >= 15 is 0 Å². The predicted octanol–water partition coefficient (Wildman–Crippen LogP) is 3.90. The summed E-state index contributed by atoms with van der Waals surface area (Å²) < 4.78 is 6.46. The Labute approximate surface area is 151 Å². The van der Waals surface area contributed by atoms with E-state index in [4.69, 9.17) is 10.5 Å². The Bertz CT molecular complexity index is 699. The van der Waals surface area contributed by atoms with E-state index in [1.165, 1.54) is 0 Å². The van der Waals surface area contributed by atoms with Crippen LogP contribution in [0.5, 0.6) is 5.75 Å². The number of halogens is 1. The molecule has 5 heteroatoms. The fourth-order valence-electron chi connectivity index (χ4n) is 2.40. The lowest BCUT2D eigenvalue weighted by Crippen LogP contribution is -2.49. The summed E-state index contributed by atoms with van der Waals surface area (Å²) in [6, 6.07) is 15.0. The van der Waals surface area contributed by atoms with Crippen molar-refractivity contribution in [3.8, 4) is 5.75 Å². The lowest BCUT2D eigenvalue weighted by molar-refractivity contribution is -0.126. The van der Waals surface area contributed by atoms with Gasteiger partial charge in [0.05, 0.1) is 12.6 Å². The first kappa shape index (κ1) is 18.5. The number of carbonyl (C=O) groups is 1. The van der Waals surface area contributed by atoms with Gasteiger partial charge in [0.25, 0.3) is 0 Å². The van der Waals surface area contributed by atoms with E-state index in [0.29, 0.717) is 6.61 Å². The molecule has 0 spiro atoms. The SMILES string of the molecule is CCOc1cccc(C(C)NC(=O)C(C)(N)c2ccc(Br)cc2)c1. The fraction of sp³-hybridized carbons (Fsp3) is 0.316. The minimum Gasteiger partial charge on any atom is -0.494 e. The molecular weight excluding hydrogens is 368 g/mol. The summed E-state index contributed by atoms with van der Waals surface area (Å²) >= 11 is 3.39. The molecule has 2 aromatic carbocycles. The molecule has 1 amide bonds. The summed E-state index contributed by atoms with van der Waals surface area (Å²) in [7, 11) is 0. The van der Waals surface area contributed by atoms with E-state index in [2.05, 4.69) is 21.2 Å². The van der Waals surface area contributed by atoms with Crippen LogP contribution < -0.4 is 15.8 Å². The Morgan fingerprint density at radius 3 is 2.58 bits per heavy atom. The third-order valence-electron chi connectivity index (χ3n) is 3.93. The highest BCUT2D eigenvalue weighted by molar-refractivity contribution is 9.10. The Balaban J connectivity index is 2.12. The number of benzene rings is 2. The van der Waals surface area contributed by atoms with Crippen LogP contribution in [0, 0.1) is 0 Å². The van der Waals surface area contributed by atoms with Gasteiger partial charge in [-0.25, -0.2) is 0 Å². The number of hydrogen-bond donors (Lipinski definition) is 2. The van der Waals surface area contributed by atoms with Crippen molar-refractivity contribution in [2.75, 3.05) is 6.61 Å². The molecule has 2 rings (SSSR count). The Morgan fingerprint density at radius 1 is 1.29 bits per heavy atom. The van der Waals surface area contributed by atoms with Gasteiger partial charge in [-0.05, 0) is 56.2 Å². The Hall–Kier alpha value is -1.85. The molecule has 0 saturated carbocycles. The van der Waals surface area contributed by atoms with E-state index in [-0.39, 0.29) is 11.9 Å². The van der Waals surface area contributed by atoms with Gasteiger partial charge in [-0.2, -0.15) is 0 Å². The van der Waals surface area contributed by atoms with Crippen LogP contribution in [0.15, 0.2) is 53.0 Å². The van der Waals surface area contributed by atoms with Crippen molar-refractivity contribution < 1.29 is 9.53 Å². The molecule has 2 unspecified atom stereocenters. The molecule has 2 atom stereocenters. The van der Waals surface area contributed by atoms with Crippen LogP contribution in [0.25, 0.3) is 0 Å². The lowest BCUT2D eigenvalue weighted by Gasteiger charge is -2.26. The zero-order valence-corrected chi connectivity index (χ0v) is 15.8. The van der Waals surface area contributed by atoms with Gasteiger partial charge in [0.1, 0.15) is 11.3 Å². The molecule has 0 aromatic heterocycles. The highest BCUT2D eigenvalue weighted by Crippen LogP contribution is 2.23. The predicted molar refractivity (Wildman–Crippen MR) is 99.9 cm³/mol. The molecular formula is C19H23BrN2O2. The lowest BCUT2D eigenvalue weighted by atomic mass is 9.91. The second-order valence-electron chi connectivity index (χ2n) is 5.91. The Kier molecular flexibility index (Phi) is 6.02. The summed E-state index contributed by atoms with van der Waals surface area (Å²) in [5, 5.41) is 2.99. The summed E-state index contributed by atoms with van der Waals surface area (Å²) in [5.74, 6) is 0.568. The van der Waals surface area contributed by atoms with E-state index in [1.807, 2.05) is 62.4 Å². The van der Waals surface area contributed by atoms with Crippen molar-refractivity contribution in [3.63, 3.8) is 0 Å². The van der Waals surface area contributed by atoms with E-state index in [9.17, 15) is 4.79 Å². The quantitative estimate of drug-likeness (QED) is 0.785. The maximum atomic E-state index is 12.7. The van der Waals surface area contributed by atoms with Crippen LogP contribution in [0.4, 0.5) is 0 Å². The average Bonchev–Trinajstić information content (AvgIpc) is 2.55. The zero-order valence-electron chi connectivity index (χ0n) is 14.2. The maximum absolute atomic E-state index is 12.7. The van der Waals surface area contributed by atoms with Gasteiger partial charge < -0.3 is 15.8 Å². The highest BCUT2D eigenvalue weighted by atomic mass is 79.9. The Morgan fingerprint density at radius 2 is 1.96 bits per heavy atom. The molecule has 0 aliphatic heterocycles. The number of carbonyl (C=O) groups excluding carboxylic acids is 1. The van der Waals surface area contributed by atoms with E-state index < -0.39 is 5.54 Å². The summed E-state index contributed by atoms with van der Waals surface area (Å²) in [6.07, 6.45) is 0. The monoisotopic (exact) mass is 390 g/mol. The normalized spacial score (nSPS) is 14.5. The number of nitrogens with one attached hydrogen (secondary N) is 1. The van der Waals surface area contributed by atoms with Crippen LogP contribution in [0.1, 0.15) is 37.9 Å². The number of nitrogens with two attached hydrogens (primary N) is 1. The third kappa shape index (κ3) is 4.36. The summed E-state index contributed by atoms with van der Waals surface area (Å²) in [6.45, 7) is 6.19. The topological polar surface area (TPSA) is 64.3 Å². The van der Waals surface area contributed by atoms with Crippen molar-refractivity contribution in [3.05, 3.63) is 64.1 Å². The van der Waals surface area contributed by atoms with Crippen molar-refractivity contribution >= 4 is 21.8 Å². The zero-order chi connectivity index (χ0) is 17.7. The van der Waals surface area contributed by atoms with Crippen LogP contribution in [-0.2, 0) is 10.3 Å². The molecule has 4 nitrogen and oxygen atoms in total. The first-order valence-corrected chi connectivity index (χ1v) is 8.72. The maximum Gasteiger partial charge on any atom is 0.244 e. The standard InChI is InChI=1S/C19H23BrN2O2/c1-4-24-17-7-5-6-14(12-17)13(2)22-18(23)19(3,21)15-8-10-16(20)11-9-15/h5-13H,4,21H2,1-3H3,(H,22,23).